The molecule has 0 bridgehead atoms. The predicted molar refractivity (Wildman–Crippen MR) is 116 cm³/mol. The molecular formula is C24H27NO6. The summed E-state index contributed by atoms with van der Waals surface area (Å²) in [6.07, 6.45) is 0. The van der Waals surface area contributed by atoms with E-state index in [2.05, 4.69) is 0 Å². The molecule has 1 aliphatic heterocycles. The quantitative estimate of drug-likeness (QED) is 0.396. The van der Waals surface area contributed by atoms with Crippen LogP contribution in [0.2, 0.25) is 0 Å². The first-order valence-corrected chi connectivity index (χ1v) is 10.1. The number of ether oxygens (including phenoxy) is 3. The van der Waals surface area contributed by atoms with Gasteiger partial charge in [-0.15, -0.1) is 0 Å². The van der Waals surface area contributed by atoms with Crippen LogP contribution in [0.1, 0.15) is 29.7 Å². The Balaban J connectivity index is 2.18. The van der Waals surface area contributed by atoms with Gasteiger partial charge in [0, 0.05) is 24.8 Å². The van der Waals surface area contributed by atoms with E-state index >= 15 is 0 Å². The van der Waals surface area contributed by atoms with Crippen molar-refractivity contribution in [2.45, 2.75) is 19.9 Å². The number of carbonyl (C=O) groups excluding carboxylic acids is 2. The average molecular weight is 425 g/mol. The Kier molecular flexibility index (Phi) is 6.97. The number of para-hydroxylation sites is 1. The highest BCUT2D eigenvalue weighted by Gasteiger charge is 2.46. The van der Waals surface area contributed by atoms with Gasteiger partial charge in [-0.05, 0) is 43.7 Å². The van der Waals surface area contributed by atoms with Crippen molar-refractivity contribution in [2.75, 3.05) is 34.0 Å². The largest absolute Gasteiger partial charge is 0.507 e. The minimum atomic E-state index is -0.793. The molecule has 2 aromatic carbocycles. The molecule has 7 heteroatoms. The third-order valence-corrected chi connectivity index (χ3v) is 5.26. The minimum absolute atomic E-state index is 0.0224. The van der Waals surface area contributed by atoms with E-state index < -0.39 is 17.7 Å². The SMILES string of the molecule is CCOc1ccc(/C(O)=C2\C(=O)C(=O)N(CCOC)C2c2ccccc2OC)cc1C. The number of methoxy groups -OCH3 is 2. The van der Waals surface area contributed by atoms with E-state index in [1.807, 2.05) is 13.8 Å². The summed E-state index contributed by atoms with van der Waals surface area (Å²) >= 11 is 0. The van der Waals surface area contributed by atoms with Crippen molar-refractivity contribution in [3.05, 3.63) is 64.7 Å². The molecule has 1 heterocycles. The van der Waals surface area contributed by atoms with E-state index in [9.17, 15) is 14.7 Å². The van der Waals surface area contributed by atoms with Crippen molar-refractivity contribution in [2.24, 2.45) is 0 Å². The number of hydrogen-bond donors (Lipinski definition) is 1. The maximum atomic E-state index is 13.0. The lowest BCUT2D eigenvalue weighted by atomic mass is 9.94. The molecule has 0 aromatic heterocycles. The number of ketones is 1. The van der Waals surface area contributed by atoms with Gasteiger partial charge in [-0.2, -0.15) is 0 Å². The standard InChI is InChI=1S/C24H27NO6/c1-5-31-18-11-10-16(14-15(18)2)22(26)20-21(17-8-6-7-9-19(17)30-4)25(12-13-29-3)24(28)23(20)27/h6-11,14,21,26H,5,12-13H2,1-4H3/b22-20+. The Labute approximate surface area is 181 Å². The molecule has 1 saturated heterocycles. The monoisotopic (exact) mass is 425 g/mol. The van der Waals surface area contributed by atoms with Gasteiger partial charge >= 0.3 is 0 Å². The number of hydrogen-bond acceptors (Lipinski definition) is 6. The van der Waals surface area contributed by atoms with Crippen LogP contribution in [-0.4, -0.2) is 55.7 Å². The molecule has 31 heavy (non-hydrogen) atoms. The molecule has 0 spiro atoms. The van der Waals surface area contributed by atoms with E-state index in [4.69, 9.17) is 14.2 Å². The van der Waals surface area contributed by atoms with Gasteiger partial charge in [-0.3, -0.25) is 9.59 Å². The zero-order valence-corrected chi connectivity index (χ0v) is 18.2. The highest BCUT2D eigenvalue weighted by molar-refractivity contribution is 6.46. The fourth-order valence-corrected chi connectivity index (χ4v) is 3.79. The van der Waals surface area contributed by atoms with E-state index in [0.29, 0.717) is 29.2 Å². The summed E-state index contributed by atoms with van der Waals surface area (Å²) in [6.45, 7) is 4.72. The molecule has 7 nitrogen and oxygen atoms in total. The molecule has 1 amide bonds. The number of rotatable bonds is 8. The molecule has 1 atom stereocenters. The first kappa shape index (κ1) is 22.4. The van der Waals surface area contributed by atoms with Crippen molar-refractivity contribution in [3.8, 4) is 11.5 Å². The maximum absolute atomic E-state index is 13.0. The fourth-order valence-electron chi connectivity index (χ4n) is 3.79. The van der Waals surface area contributed by atoms with Crippen molar-refractivity contribution in [1.29, 1.82) is 0 Å². The van der Waals surface area contributed by atoms with Gasteiger partial charge in [-0.1, -0.05) is 18.2 Å². The van der Waals surface area contributed by atoms with Crippen LogP contribution in [0.4, 0.5) is 0 Å². The fraction of sp³-hybridized carbons (Fsp3) is 0.333. The number of aliphatic hydroxyl groups is 1. The van der Waals surface area contributed by atoms with E-state index in [1.54, 1.807) is 42.5 Å². The van der Waals surface area contributed by atoms with Crippen LogP contribution in [0.15, 0.2) is 48.0 Å². The summed E-state index contributed by atoms with van der Waals surface area (Å²) in [7, 11) is 3.05. The Bertz CT molecular complexity index is 1010. The van der Waals surface area contributed by atoms with E-state index in [-0.39, 0.29) is 24.5 Å². The zero-order valence-electron chi connectivity index (χ0n) is 18.2. The lowest BCUT2D eigenvalue weighted by Gasteiger charge is -2.26. The number of carbonyl (C=O) groups is 2. The van der Waals surface area contributed by atoms with E-state index in [1.165, 1.54) is 19.1 Å². The van der Waals surface area contributed by atoms with E-state index in [0.717, 1.165) is 5.56 Å². The average Bonchev–Trinajstić information content (AvgIpc) is 3.03. The Morgan fingerprint density at radius 1 is 1.10 bits per heavy atom. The second-order valence-electron chi connectivity index (χ2n) is 7.14. The van der Waals surface area contributed by atoms with Crippen molar-refractivity contribution in [3.63, 3.8) is 0 Å². The van der Waals surface area contributed by atoms with Crippen molar-refractivity contribution in [1.82, 2.24) is 4.90 Å². The topological polar surface area (TPSA) is 85.3 Å². The molecule has 1 aliphatic rings. The number of aryl methyl sites for hydroxylation is 1. The smallest absolute Gasteiger partial charge is 0.295 e. The number of nitrogens with zero attached hydrogens (tertiary/aromatic N) is 1. The summed E-state index contributed by atoms with van der Waals surface area (Å²) < 4.78 is 16.2. The van der Waals surface area contributed by atoms with Crippen LogP contribution >= 0.6 is 0 Å². The minimum Gasteiger partial charge on any atom is -0.507 e. The van der Waals surface area contributed by atoms with Gasteiger partial charge in [0.2, 0.25) is 0 Å². The molecular weight excluding hydrogens is 398 g/mol. The number of amides is 1. The number of benzene rings is 2. The molecule has 3 rings (SSSR count). The third-order valence-electron chi connectivity index (χ3n) is 5.26. The number of Topliss-reactive ketones (excluding diaryl/α,β-unsaturated/α-hetero) is 1. The highest BCUT2D eigenvalue weighted by Crippen LogP contribution is 2.42. The van der Waals surface area contributed by atoms with Crippen LogP contribution in [0, 0.1) is 6.92 Å². The molecule has 2 aromatic rings. The zero-order chi connectivity index (χ0) is 22.5. The lowest BCUT2D eigenvalue weighted by molar-refractivity contribution is -0.140. The molecule has 1 unspecified atom stereocenters. The van der Waals surface area contributed by atoms with Crippen molar-refractivity contribution < 1.29 is 28.9 Å². The van der Waals surface area contributed by atoms with Crippen LogP contribution < -0.4 is 9.47 Å². The predicted octanol–water partition coefficient (Wildman–Crippen LogP) is 3.47. The Morgan fingerprint density at radius 3 is 2.48 bits per heavy atom. The molecule has 164 valence electrons. The van der Waals surface area contributed by atoms with Crippen LogP contribution in [0.3, 0.4) is 0 Å². The summed E-state index contributed by atoms with van der Waals surface area (Å²) in [6, 6.07) is 11.5. The Morgan fingerprint density at radius 2 is 1.84 bits per heavy atom. The first-order valence-electron chi connectivity index (χ1n) is 10.1. The summed E-state index contributed by atoms with van der Waals surface area (Å²) in [5.41, 5.74) is 1.89. The van der Waals surface area contributed by atoms with Gasteiger partial charge < -0.3 is 24.2 Å². The van der Waals surface area contributed by atoms with Gasteiger partial charge in [-0.25, -0.2) is 0 Å². The summed E-state index contributed by atoms with van der Waals surface area (Å²) in [5, 5.41) is 11.2. The molecule has 0 saturated carbocycles. The second-order valence-corrected chi connectivity index (χ2v) is 7.14. The number of aliphatic hydroxyl groups excluding tert-OH is 1. The first-order chi connectivity index (χ1) is 14.9. The van der Waals surface area contributed by atoms with Gasteiger partial charge in [0.15, 0.2) is 0 Å². The highest BCUT2D eigenvalue weighted by atomic mass is 16.5. The number of likely N-dealkylation sites (tertiary alicyclic amines) is 1. The molecule has 1 N–H and O–H groups in total. The van der Waals surface area contributed by atoms with Gasteiger partial charge in [0.25, 0.3) is 11.7 Å². The molecule has 0 aliphatic carbocycles. The van der Waals surface area contributed by atoms with Gasteiger partial charge in [0.05, 0.1) is 31.9 Å². The Hall–Kier alpha value is -3.32. The molecule has 1 fully saturated rings. The van der Waals surface area contributed by atoms with Crippen LogP contribution in [0.25, 0.3) is 5.76 Å². The lowest BCUT2D eigenvalue weighted by Crippen LogP contribution is -2.32. The third kappa shape index (κ3) is 4.27. The summed E-state index contributed by atoms with van der Waals surface area (Å²) in [5.74, 6) is -0.444. The molecule has 0 radical (unpaired) electrons. The van der Waals surface area contributed by atoms with Crippen molar-refractivity contribution >= 4 is 17.4 Å². The van der Waals surface area contributed by atoms with Crippen LogP contribution in [-0.2, 0) is 14.3 Å². The van der Waals surface area contributed by atoms with Crippen LogP contribution in [0.5, 0.6) is 11.5 Å². The second kappa shape index (κ2) is 9.66. The maximum Gasteiger partial charge on any atom is 0.295 e. The summed E-state index contributed by atoms with van der Waals surface area (Å²) in [4.78, 5) is 27.3. The normalized spacial score (nSPS) is 17.8. The van der Waals surface area contributed by atoms with Gasteiger partial charge in [0.1, 0.15) is 17.3 Å².